The van der Waals surface area contributed by atoms with Crippen molar-refractivity contribution in [2.75, 3.05) is 24.4 Å². The van der Waals surface area contributed by atoms with Gasteiger partial charge in [0.25, 0.3) is 10.0 Å². The smallest absolute Gasteiger partial charge is 0.263 e. The van der Waals surface area contributed by atoms with Crippen molar-refractivity contribution in [1.82, 2.24) is 4.31 Å². The molecule has 0 radical (unpaired) electrons. The minimum absolute atomic E-state index is 0.0175. The third kappa shape index (κ3) is 5.16. The van der Waals surface area contributed by atoms with Crippen LogP contribution in [-0.4, -0.2) is 40.8 Å². The Morgan fingerprint density at radius 1 is 1.00 bits per heavy atom. The van der Waals surface area contributed by atoms with Gasteiger partial charge < -0.3 is 4.74 Å². The minimum atomic E-state index is -4.16. The summed E-state index contributed by atoms with van der Waals surface area (Å²) in [6, 6.07) is 8.24. The fourth-order valence-electron chi connectivity index (χ4n) is 2.63. The Morgan fingerprint density at radius 2 is 1.66 bits per heavy atom. The molecular formula is C18H22Cl2N2O5S2. The fraction of sp³-hybridized carbons (Fsp3) is 0.333. The molecule has 0 unspecified atom stereocenters. The number of benzene rings is 2. The largest absolute Gasteiger partial charge is 0.492 e. The van der Waals surface area contributed by atoms with Crippen LogP contribution < -0.4 is 9.46 Å². The Labute approximate surface area is 181 Å². The van der Waals surface area contributed by atoms with Crippen LogP contribution in [0, 0.1) is 0 Å². The van der Waals surface area contributed by atoms with Crippen LogP contribution in [0.2, 0.25) is 10.0 Å². The van der Waals surface area contributed by atoms with Crippen molar-refractivity contribution in [3.05, 3.63) is 46.4 Å². The molecule has 2 aromatic rings. The van der Waals surface area contributed by atoms with Crippen molar-refractivity contribution in [3.8, 4) is 5.75 Å². The lowest BCUT2D eigenvalue weighted by Crippen LogP contribution is -2.30. The highest BCUT2D eigenvalue weighted by atomic mass is 35.5. The highest BCUT2D eigenvalue weighted by Crippen LogP contribution is 2.34. The molecule has 0 saturated heterocycles. The summed E-state index contributed by atoms with van der Waals surface area (Å²) in [6.07, 6.45) is 0. The molecule has 160 valence electrons. The van der Waals surface area contributed by atoms with Gasteiger partial charge in [-0.2, -0.15) is 4.31 Å². The van der Waals surface area contributed by atoms with Crippen LogP contribution in [-0.2, 0) is 20.0 Å². The van der Waals surface area contributed by atoms with Crippen LogP contribution in [0.1, 0.15) is 20.8 Å². The van der Waals surface area contributed by atoms with Crippen molar-refractivity contribution in [2.24, 2.45) is 0 Å². The zero-order valence-electron chi connectivity index (χ0n) is 16.1. The lowest BCUT2D eigenvalue weighted by atomic mass is 10.3. The third-order valence-corrected chi connectivity index (χ3v) is 8.43. The van der Waals surface area contributed by atoms with Gasteiger partial charge in [-0.1, -0.05) is 43.1 Å². The maximum absolute atomic E-state index is 12.9. The lowest BCUT2D eigenvalue weighted by molar-refractivity contribution is 0.341. The van der Waals surface area contributed by atoms with Crippen LogP contribution in [0.15, 0.2) is 46.2 Å². The average Bonchev–Trinajstić information content (AvgIpc) is 2.65. The lowest BCUT2D eigenvalue weighted by Gasteiger charge is -2.20. The first-order chi connectivity index (χ1) is 13.6. The summed E-state index contributed by atoms with van der Waals surface area (Å²) in [5, 5.41) is -0.0519. The molecule has 29 heavy (non-hydrogen) atoms. The second-order valence-corrected chi connectivity index (χ2v) is 10.2. The summed E-state index contributed by atoms with van der Waals surface area (Å²) in [5.74, 6) is 0.188. The Kier molecular flexibility index (Phi) is 7.80. The van der Waals surface area contributed by atoms with E-state index in [4.69, 9.17) is 27.9 Å². The maximum Gasteiger partial charge on any atom is 0.263 e. The number of hydrogen-bond acceptors (Lipinski definition) is 5. The Morgan fingerprint density at radius 3 is 2.24 bits per heavy atom. The summed E-state index contributed by atoms with van der Waals surface area (Å²) in [6.45, 7) is 6.00. The van der Waals surface area contributed by atoms with E-state index in [0.717, 1.165) is 0 Å². The number of ether oxygens (including phenoxy) is 1. The molecule has 0 aliphatic carbocycles. The molecule has 0 fully saturated rings. The molecule has 2 aromatic carbocycles. The van der Waals surface area contributed by atoms with Crippen molar-refractivity contribution in [1.29, 1.82) is 0 Å². The van der Waals surface area contributed by atoms with E-state index in [9.17, 15) is 16.8 Å². The van der Waals surface area contributed by atoms with Gasteiger partial charge in [-0.25, -0.2) is 16.8 Å². The van der Waals surface area contributed by atoms with E-state index >= 15 is 0 Å². The molecular weight excluding hydrogens is 459 g/mol. The van der Waals surface area contributed by atoms with Gasteiger partial charge in [-0.05, 0) is 37.3 Å². The number of nitrogens with one attached hydrogen (secondary N) is 1. The average molecular weight is 481 g/mol. The van der Waals surface area contributed by atoms with Crippen LogP contribution in [0.25, 0.3) is 0 Å². The van der Waals surface area contributed by atoms with E-state index in [0.29, 0.717) is 0 Å². The fourth-order valence-corrected chi connectivity index (χ4v) is 5.94. The van der Waals surface area contributed by atoms with Crippen LogP contribution in [0.5, 0.6) is 5.75 Å². The normalized spacial score (nSPS) is 12.2. The molecule has 0 aromatic heterocycles. The van der Waals surface area contributed by atoms with Gasteiger partial charge in [-0.15, -0.1) is 0 Å². The molecule has 0 saturated carbocycles. The van der Waals surface area contributed by atoms with Gasteiger partial charge in [0.2, 0.25) is 10.0 Å². The molecule has 0 bridgehead atoms. The second-order valence-electron chi connectivity index (χ2n) is 5.84. The molecule has 1 N–H and O–H groups in total. The van der Waals surface area contributed by atoms with Gasteiger partial charge in [0.05, 0.1) is 27.2 Å². The number of sulfonamides is 2. The highest BCUT2D eigenvalue weighted by molar-refractivity contribution is 7.93. The Hall–Kier alpha value is -1.52. The standard InChI is InChI=1S/C18H22Cl2N2O5S2/c1-4-22(5-2)29(25,26)13-10-11-16(27-6-3)15(12-13)21-28(23,24)17-9-7-8-14(19)18(17)20/h7-12,21H,4-6H2,1-3H3. The van der Waals surface area contributed by atoms with Crippen molar-refractivity contribution in [2.45, 2.75) is 30.6 Å². The molecule has 0 aliphatic rings. The predicted molar refractivity (Wildman–Crippen MR) is 115 cm³/mol. The highest BCUT2D eigenvalue weighted by Gasteiger charge is 2.25. The number of hydrogen-bond donors (Lipinski definition) is 1. The number of anilines is 1. The number of halogens is 2. The first-order valence-corrected chi connectivity index (χ1v) is 12.5. The molecule has 0 heterocycles. The van der Waals surface area contributed by atoms with Crippen LogP contribution >= 0.6 is 23.2 Å². The molecule has 0 aliphatic heterocycles. The summed E-state index contributed by atoms with van der Waals surface area (Å²) in [7, 11) is -7.95. The summed E-state index contributed by atoms with van der Waals surface area (Å²) in [4.78, 5) is -0.286. The number of rotatable bonds is 9. The molecule has 0 spiro atoms. The van der Waals surface area contributed by atoms with Gasteiger partial charge in [0.1, 0.15) is 10.6 Å². The van der Waals surface area contributed by atoms with Gasteiger partial charge >= 0.3 is 0 Å². The monoisotopic (exact) mass is 480 g/mol. The molecule has 11 heteroatoms. The van der Waals surface area contributed by atoms with Crippen LogP contribution in [0.4, 0.5) is 5.69 Å². The van der Waals surface area contributed by atoms with Gasteiger partial charge in [0, 0.05) is 13.1 Å². The first kappa shape index (κ1) is 23.8. The third-order valence-electron chi connectivity index (χ3n) is 4.04. The van der Waals surface area contributed by atoms with E-state index in [2.05, 4.69) is 4.72 Å². The predicted octanol–water partition coefficient (Wildman–Crippen LogP) is 4.22. The van der Waals surface area contributed by atoms with Gasteiger partial charge in [-0.3, -0.25) is 4.72 Å². The molecule has 7 nitrogen and oxygen atoms in total. The zero-order valence-corrected chi connectivity index (χ0v) is 19.3. The minimum Gasteiger partial charge on any atom is -0.492 e. The van der Waals surface area contributed by atoms with E-state index in [1.165, 1.54) is 40.7 Å². The molecule has 2 rings (SSSR count). The van der Waals surface area contributed by atoms with E-state index < -0.39 is 20.0 Å². The maximum atomic E-state index is 12.9. The first-order valence-electron chi connectivity index (χ1n) is 8.82. The van der Waals surface area contributed by atoms with Crippen molar-refractivity contribution >= 4 is 48.9 Å². The van der Waals surface area contributed by atoms with E-state index in [1.54, 1.807) is 20.8 Å². The Balaban J connectivity index is 2.57. The quantitative estimate of drug-likeness (QED) is 0.579. The van der Waals surface area contributed by atoms with Gasteiger partial charge in [0.15, 0.2) is 0 Å². The van der Waals surface area contributed by atoms with Crippen molar-refractivity contribution in [3.63, 3.8) is 0 Å². The summed E-state index contributed by atoms with van der Waals surface area (Å²) >= 11 is 12.0. The van der Waals surface area contributed by atoms with E-state index in [-0.39, 0.29) is 51.0 Å². The number of nitrogens with zero attached hydrogens (tertiary/aromatic N) is 1. The summed E-state index contributed by atoms with van der Waals surface area (Å²) in [5.41, 5.74) is -0.0175. The zero-order chi connectivity index (χ0) is 21.8. The van der Waals surface area contributed by atoms with E-state index in [1.807, 2.05) is 0 Å². The molecule has 0 atom stereocenters. The van der Waals surface area contributed by atoms with Crippen LogP contribution in [0.3, 0.4) is 0 Å². The summed E-state index contributed by atoms with van der Waals surface area (Å²) < 4.78 is 60.5. The molecule has 0 amide bonds. The Bertz CT molecular complexity index is 1090. The topological polar surface area (TPSA) is 92.8 Å². The second kappa shape index (κ2) is 9.53. The van der Waals surface area contributed by atoms with Crippen molar-refractivity contribution < 1.29 is 21.6 Å². The SMILES string of the molecule is CCOc1ccc(S(=O)(=O)N(CC)CC)cc1NS(=O)(=O)c1cccc(Cl)c1Cl.